The van der Waals surface area contributed by atoms with E-state index in [0.29, 0.717) is 11.7 Å². The van der Waals surface area contributed by atoms with Crippen LogP contribution in [-0.2, 0) is 11.3 Å². The number of oxazole rings is 1. The Balaban J connectivity index is 1.50. The molecule has 1 amide bonds. The first-order valence-electron chi connectivity index (χ1n) is 9.19. The molecule has 1 N–H and O–H groups in total. The Morgan fingerprint density at radius 3 is 1.93 bits per heavy atom. The Kier molecular flexibility index (Phi) is 5.29. The lowest BCUT2D eigenvalue weighted by Gasteiger charge is -2.17. The Morgan fingerprint density at radius 1 is 0.821 bits per heavy atom. The number of rotatable bonds is 6. The molecule has 4 rings (SSSR count). The van der Waals surface area contributed by atoms with Crippen molar-refractivity contribution in [1.29, 1.82) is 0 Å². The summed E-state index contributed by atoms with van der Waals surface area (Å²) in [5, 5.41) is 2.97. The number of benzene rings is 3. The minimum atomic E-state index is -0.383. The maximum atomic E-state index is 13.0. The van der Waals surface area contributed by atoms with Crippen LogP contribution in [-0.4, -0.2) is 10.9 Å². The van der Waals surface area contributed by atoms with Crippen LogP contribution in [0.25, 0.3) is 11.3 Å². The highest BCUT2D eigenvalue weighted by Gasteiger charge is 2.22. The molecule has 0 aliphatic carbocycles. The highest BCUT2D eigenvalue weighted by molar-refractivity contribution is 5.87. The van der Waals surface area contributed by atoms with Crippen molar-refractivity contribution in [2.45, 2.75) is 12.5 Å². The van der Waals surface area contributed by atoms with E-state index in [9.17, 15) is 4.79 Å². The summed E-state index contributed by atoms with van der Waals surface area (Å²) in [7, 11) is 0. The number of hydrogen-bond donors (Lipinski definition) is 1. The van der Waals surface area contributed by atoms with Crippen LogP contribution in [0.4, 0.5) is 0 Å². The van der Waals surface area contributed by atoms with E-state index in [1.54, 1.807) is 6.20 Å². The number of hydrogen-bond acceptors (Lipinski definition) is 3. The number of nitrogens with one attached hydrogen (secondary N) is 1. The first-order valence-corrected chi connectivity index (χ1v) is 9.19. The largest absolute Gasteiger partial charge is 0.439 e. The summed E-state index contributed by atoms with van der Waals surface area (Å²) in [4.78, 5) is 17.3. The molecular formula is C24H20N2O2. The molecule has 4 heteroatoms. The van der Waals surface area contributed by atoms with Crippen molar-refractivity contribution in [3.8, 4) is 11.3 Å². The fourth-order valence-corrected chi connectivity index (χ4v) is 3.18. The SMILES string of the molecule is O=C(NCc1ncc(-c2ccccc2)o1)C(c1ccccc1)c1ccccc1. The third-order valence-electron chi connectivity index (χ3n) is 4.55. The molecule has 4 aromatic rings. The summed E-state index contributed by atoms with van der Waals surface area (Å²) in [6, 6.07) is 29.3. The second-order valence-corrected chi connectivity index (χ2v) is 6.46. The molecule has 4 nitrogen and oxygen atoms in total. The van der Waals surface area contributed by atoms with Crippen molar-refractivity contribution < 1.29 is 9.21 Å². The monoisotopic (exact) mass is 368 g/mol. The van der Waals surface area contributed by atoms with Gasteiger partial charge in [0.15, 0.2) is 5.76 Å². The molecule has 0 unspecified atom stereocenters. The van der Waals surface area contributed by atoms with E-state index in [1.165, 1.54) is 0 Å². The number of amides is 1. The van der Waals surface area contributed by atoms with Crippen molar-refractivity contribution in [2.24, 2.45) is 0 Å². The summed E-state index contributed by atoms with van der Waals surface area (Å²) in [6.07, 6.45) is 1.68. The van der Waals surface area contributed by atoms with Gasteiger partial charge in [-0.05, 0) is 11.1 Å². The first kappa shape index (κ1) is 17.7. The molecule has 0 aliphatic rings. The van der Waals surface area contributed by atoms with Gasteiger partial charge in [0.2, 0.25) is 11.8 Å². The van der Waals surface area contributed by atoms with Crippen LogP contribution in [0.2, 0.25) is 0 Å². The molecule has 0 fully saturated rings. The molecule has 0 bridgehead atoms. The minimum absolute atomic E-state index is 0.0862. The van der Waals surface area contributed by atoms with E-state index in [4.69, 9.17) is 4.42 Å². The number of carbonyl (C=O) groups is 1. The molecule has 28 heavy (non-hydrogen) atoms. The van der Waals surface area contributed by atoms with Gasteiger partial charge in [-0.25, -0.2) is 4.98 Å². The fraction of sp³-hybridized carbons (Fsp3) is 0.0833. The van der Waals surface area contributed by atoms with Gasteiger partial charge in [0.25, 0.3) is 0 Å². The standard InChI is InChI=1S/C24H20N2O2/c27-24(23(19-12-6-2-7-13-19)20-14-8-3-9-15-20)26-17-22-25-16-21(28-22)18-10-4-1-5-11-18/h1-16,23H,17H2,(H,26,27). The molecular weight excluding hydrogens is 348 g/mol. The topological polar surface area (TPSA) is 55.1 Å². The van der Waals surface area contributed by atoms with Gasteiger partial charge in [0, 0.05) is 5.56 Å². The van der Waals surface area contributed by atoms with Crippen molar-refractivity contribution in [1.82, 2.24) is 10.3 Å². The van der Waals surface area contributed by atoms with Crippen LogP contribution >= 0.6 is 0 Å². The smallest absolute Gasteiger partial charge is 0.232 e. The van der Waals surface area contributed by atoms with Crippen molar-refractivity contribution in [2.75, 3.05) is 0 Å². The third-order valence-corrected chi connectivity index (χ3v) is 4.55. The zero-order chi connectivity index (χ0) is 19.2. The van der Waals surface area contributed by atoms with Gasteiger partial charge in [0.05, 0.1) is 18.7 Å². The lowest BCUT2D eigenvalue weighted by molar-refractivity contribution is -0.122. The summed E-state index contributed by atoms with van der Waals surface area (Å²) >= 11 is 0. The van der Waals surface area contributed by atoms with E-state index >= 15 is 0 Å². The summed E-state index contributed by atoms with van der Waals surface area (Å²) in [5.74, 6) is 0.697. The molecule has 1 aromatic heterocycles. The lowest BCUT2D eigenvalue weighted by atomic mass is 9.90. The molecule has 3 aromatic carbocycles. The normalized spacial score (nSPS) is 10.8. The zero-order valence-electron chi connectivity index (χ0n) is 15.3. The van der Waals surface area contributed by atoms with Gasteiger partial charge in [-0.2, -0.15) is 0 Å². The number of aromatic nitrogens is 1. The molecule has 0 atom stereocenters. The van der Waals surface area contributed by atoms with Crippen molar-refractivity contribution >= 4 is 5.91 Å². The minimum Gasteiger partial charge on any atom is -0.439 e. The van der Waals surface area contributed by atoms with Gasteiger partial charge < -0.3 is 9.73 Å². The van der Waals surface area contributed by atoms with Crippen molar-refractivity contribution in [3.05, 3.63) is 114 Å². The van der Waals surface area contributed by atoms with Crippen LogP contribution in [0, 0.1) is 0 Å². The highest BCUT2D eigenvalue weighted by Crippen LogP contribution is 2.25. The zero-order valence-corrected chi connectivity index (χ0v) is 15.3. The van der Waals surface area contributed by atoms with E-state index < -0.39 is 0 Å². The van der Waals surface area contributed by atoms with Crippen LogP contribution in [0.15, 0.2) is 102 Å². The van der Waals surface area contributed by atoms with Gasteiger partial charge in [-0.15, -0.1) is 0 Å². The van der Waals surface area contributed by atoms with Gasteiger partial charge in [0.1, 0.15) is 0 Å². The van der Waals surface area contributed by atoms with E-state index in [2.05, 4.69) is 10.3 Å². The molecule has 0 aliphatic heterocycles. The molecule has 0 saturated heterocycles. The van der Waals surface area contributed by atoms with Crippen molar-refractivity contribution in [3.63, 3.8) is 0 Å². The highest BCUT2D eigenvalue weighted by atomic mass is 16.4. The maximum absolute atomic E-state index is 13.0. The third kappa shape index (κ3) is 4.01. The van der Waals surface area contributed by atoms with E-state index in [-0.39, 0.29) is 18.4 Å². The predicted octanol–water partition coefficient (Wildman–Crippen LogP) is 4.79. The predicted molar refractivity (Wildman–Crippen MR) is 109 cm³/mol. The van der Waals surface area contributed by atoms with Crippen LogP contribution in [0.3, 0.4) is 0 Å². The Labute approximate surface area is 163 Å². The van der Waals surface area contributed by atoms with E-state index in [1.807, 2.05) is 91.0 Å². The average Bonchev–Trinajstić information content (AvgIpc) is 3.24. The Morgan fingerprint density at radius 2 is 1.36 bits per heavy atom. The summed E-state index contributed by atoms with van der Waals surface area (Å²) in [5.41, 5.74) is 2.85. The Hall–Kier alpha value is -3.66. The molecule has 0 radical (unpaired) electrons. The van der Waals surface area contributed by atoms with Crippen LogP contribution in [0.5, 0.6) is 0 Å². The van der Waals surface area contributed by atoms with Gasteiger partial charge >= 0.3 is 0 Å². The molecule has 0 saturated carbocycles. The van der Waals surface area contributed by atoms with Crippen LogP contribution in [0.1, 0.15) is 22.9 Å². The van der Waals surface area contributed by atoms with Gasteiger partial charge in [-0.3, -0.25) is 4.79 Å². The Bertz CT molecular complexity index is 988. The van der Waals surface area contributed by atoms with E-state index in [0.717, 1.165) is 16.7 Å². The van der Waals surface area contributed by atoms with Crippen LogP contribution < -0.4 is 5.32 Å². The number of carbonyl (C=O) groups excluding carboxylic acids is 1. The van der Waals surface area contributed by atoms with Gasteiger partial charge in [-0.1, -0.05) is 91.0 Å². The molecule has 0 spiro atoms. The summed E-state index contributed by atoms with van der Waals surface area (Å²) in [6.45, 7) is 0.238. The average molecular weight is 368 g/mol. The molecule has 138 valence electrons. The summed E-state index contributed by atoms with van der Waals surface area (Å²) < 4.78 is 5.79. The second kappa shape index (κ2) is 8.35. The number of nitrogens with zero attached hydrogens (tertiary/aromatic N) is 1. The second-order valence-electron chi connectivity index (χ2n) is 6.46. The first-order chi connectivity index (χ1) is 13.8. The maximum Gasteiger partial charge on any atom is 0.232 e. The lowest BCUT2D eigenvalue weighted by Crippen LogP contribution is -2.29. The molecule has 1 heterocycles. The fourth-order valence-electron chi connectivity index (χ4n) is 3.18. The quantitative estimate of drug-likeness (QED) is 0.532.